The summed E-state index contributed by atoms with van der Waals surface area (Å²) >= 11 is 3.24. The van der Waals surface area contributed by atoms with Gasteiger partial charge in [-0.05, 0) is 35.3 Å². The molecule has 6 nitrogen and oxygen atoms in total. The summed E-state index contributed by atoms with van der Waals surface area (Å²) in [7, 11) is 0. The standard InChI is InChI=1S/C11H13BrN2O4/c1-7(2-5-11(15)16)13-10-4-3-8(14(17)18)6-9(10)12/h3-4,6-7,13H,2,5H2,1H3,(H,15,16). The van der Waals surface area contributed by atoms with Gasteiger partial charge in [-0.3, -0.25) is 14.9 Å². The van der Waals surface area contributed by atoms with E-state index >= 15 is 0 Å². The van der Waals surface area contributed by atoms with Crippen molar-refractivity contribution in [1.82, 2.24) is 0 Å². The zero-order valence-electron chi connectivity index (χ0n) is 9.72. The lowest BCUT2D eigenvalue weighted by atomic mass is 10.1. The number of hydrogen-bond donors (Lipinski definition) is 2. The molecular weight excluding hydrogens is 304 g/mol. The summed E-state index contributed by atoms with van der Waals surface area (Å²) in [6, 6.07) is 4.38. The van der Waals surface area contributed by atoms with Gasteiger partial charge in [0.2, 0.25) is 0 Å². The number of carboxylic acids is 1. The number of rotatable bonds is 6. The Morgan fingerprint density at radius 2 is 2.28 bits per heavy atom. The van der Waals surface area contributed by atoms with Crippen molar-refractivity contribution in [2.24, 2.45) is 0 Å². The molecule has 1 rings (SSSR count). The van der Waals surface area contributed by atoms with E-state index < -0.39 is 10.9 Å². The number of aliphatic carboxylic acids is 1. The second kappa shape index (κ2) is 6.34. The van der Waals surface area contributed by atoms with Crippen LogP contribution in [0.15, 0.2) is 22.7 Å². The number of nitro groups is 1. The van der Waals surface area contributed by atoms with Crippen LogP contribution in [0.25, 0.3) is 0 Å². The van der Waals surface area contributed by atoms with Crippen molar-refractivity contribution in [3.63, 3.8) is 0 Å². The van der Waals surface area contributed by atoms with E-state index in [1.807, 2.05) is 6.92 Å². The highest BCUT2D eigenvalue weighted by Gasteiger charge is 2.11. The number of nitrogens with one attached hydrogen (secondary N) is 1. The molecule has 2 N–H and O–H groups in total. The Labute approximate surface area is 112 Å². The summed E-state index contributed by atoms with van der Waals surface area (Å²) in [6.45, 7) is 1.86. The van der Waals surface area contributed by atoms with Crippen molar-refractivity contribution >= 4 is 33.3 Å². The fourth-order valence-corrected chi connectivity index (χ4v) is 1.89. The molecule has 0 radical (unpaired) electrons. The average Bonchev–Trinajstić information content (AvgIpc) is 2.29. The molecule has 0 aliphatic heterocycles. The first-order valence-electron chi connectivity index (χ1n) is 5.32. The normalized spacial score (nSPS) is 11.9. The number of carbonyl (C=O) groups is 1. The quantitative estimate of drug-likeness (QED) is 0.621. The highest BCUT2D eigenvalue weighted by molar-refractivity contribution is 9.10. The van der Waals surface area contributed by atoms with Gasteiger partial charge in [0, 0.05) is 34.8 Å². The molecule has 7 heteroatoms. The van der Waals surface area contributed by atoms with Crippen molar-refractivity contribution in [3.8, 4) is 0 Å². The van der Waals surface area contributed by atoms with Gasteiger partial charge in [0.15, 0.2) is 0 Å². The molecule has 0 saturated carbocycles. The molecule has 1 aromatic rings. The lowest BCUT2D eigenvalue weighted by Gasteiger charge is -2.15. The van der Waals surface area contributed by atoms with Gasteiger partial charge in [-0.15, -0.1) is 0 Å². The first-order chi connectivity index (χ1) is 8.40. The topological polar surface area (TPSA) is 92.5 Å². The maximum Gasteiger partial charge on any atom is 0.303 e. The van der Waals surface area contributed by atoms with Gasteiger partial charge in [0.05, 0.1) is 4.92 Å². The Hall–Kier alpha value is -1.63. The molecule has 0 heterocycles. The minimum atomic E-state index is -0.841. The maximum absolute atomic E-state index is 10.6. The zero-order chi connectivity index (χ0) is 13.7. The van der Waals surface area contributed by atoms with Crippen molar-refractivity contribution in [2.75, 3.05) is 5.32 Å². The summed E-state index contributed by atoms with van der Waals surface area (Å²) in [5, 5.41) is 22.2. The van der Waals surface area contributed by atoms with E-state index in [-0.39, 0.29) is 18.2 Å². The molecule has 0 amide bonds. The third-order valence-corrected chi connectivity index (χ3v) is 3.01. The molecule has 0 aliphatic rings. The summed E-state index contributed by atoms with van der Waals surface area (Å²) in [5.74, 6) is -0.841. The van der Waals surface area contributed by atoms with Crippen LogP contribution in [0.3, 0.4) is 0 Å². The summed E-state index contributed by atoms with van der Waals surface area (Å²) in [4.78, 5) is 20.5. The number of anilines is 1. The lowest BCUT2D eigenvalue weighted by Crippen LogP contribution is -2.16. The Morgan fingerprint density at radius 1 is 1.61 bits per heavy atom. The minimum absolute atomic E-state index is 0.00520. The third kappa shape index (κ3) is 4.33. The smallest absolute Gasteiger partial charge is 0.303 e. The monoisotopic (exact) mass is 316 g/mol. The van der Waals surface area contributed by atoms with Gasteiger partial charge in [0.1, 0.15) is 0 Å². The van der Waals surface area contributed by atoms with Crippen molar-refractivity contribution in [2.45, 2.75) is 25.8 Å². The summed E-state index contributed by atoms with van der Waals surface area (Å²) < 4.78 is 0.582. The molecule has 98 valence electrons. The van der Waals surface area contributed by atoms with E-state index in [0.29, 0.717) is 16.6 Å². The number of nitrogens with zero attached hydrogens (tertiary/aromatic N) is 1. The molecular formula is C11H13BrN2O4. The number of hydrogen-bond acceptors (Lipinski definition) is 4. The van der Waals surface area contributed by atoms with Gasteiger partial charge in [0.25, 0.3) is 5.69 Å². The highest BCUT2D eigenvalue weighted by atomic mass is 79.9. The summed E-state index contributed by atoms with van der Waals surface area (Å²) in [5.41, 5.74) is 0.712. The van der Waals surface area contributed by atoms with Gasteiger partial charge in [-0.25, -0.2) is 0 Å². The first-order valence-corrected chi connectivity index (χ1v) is 6.11. The number of carboxylic acid groups (broad SMARTS) is 1. The van der Waals surface area contributed by atoms with Crippen LogP contribution in [-0.2, 0) is 4.79 Å². The second-order valence-corrected chi connectivity index (χ2v) is 4.75. The zero-order valence-corrected chi connectivity index (χ0v) is 11.3. The van der Waals surface area contributed by atoms with Gasteiger partial charge in [-0.2, -0.15) is 0 Å². The van der Waals surface area contributed by atoms with Gasteiger partial charge >= 0.3 is 5.97 Å². The Morgan fingerprint density at radius 3 is 2.78 bits per heavy atom. The van der Waals surface area contributed by atoms with Crippen LogP contribution >= 0.6 is 15.9 Å². The Bertz CT molecular complexity index is 464. The average molecular weight is 317 g/mol. The van der Waals surface area contributed by atoms with Crippen molar-refractivity contribution < 1.29 is 14.8 Å². The fourth-order valence-electron chi connectivity index (χ4n) is 1.41. The van der Waals surface area contributed by atoms with E-state index in [1.54, 1.807) is 6.07 Å². The number of nitro benzene ring substituents is 1. The molecule has 0 aliphatic carbocycles. The van der Waals surface area contributed by atoms with E-state index in [4.69, 9.17) is 5.11 Å². The van der Waals surface area contributed by atoms with Gasteiger partial charge in [-0.1, -0.05) is 0 Å². The van der Waals surface area contributed by atoms with Crippen LogP contribution in [0, 0.1) is 10.1 Å². The summed E-state index contributed by atoms with van der Waals surface area (Å²) in [6.07, 6.45) is 0.567. The van der Waals surface area contributed by atoms with E-state index in [9.17, 15) is 14.9 Å². The maximum atomic E-state index is 10.6. The van der Waals surface area contributed by atoms with Crippen molar-refractivity contribution in [1.29, 1.82) is 0 Å². The van der Waals surface area contributed by atoms with Gasteiger partial charge < -0.3 is 10.4 Å². The molecule has 18 heavy (non-hydrogen) atoms. The molecule has 0 fully saturated rings. The molecule has 0 aromatic heterocycles. The van der Waals surface area contributed by atoms with Crippen LogP contribution in [-0.4, -0.2) is 22.0 Å². The lowest BCUT2D eigenvalue weighted by molar-refractivity contribution is -0.384. The number of non-ortho nitro benzene ring substituents is 1. The Kier molecular flexibility index (Phi) is 5.08. The predicted octanol–water partition coefficient (Wildman–Crippen LogP) is 3.02. The van der Waals surface area contributed by atoms with Crippen LogP contribution in [0.4, 0.5) is 11.4 Å². The largest absolute Gasteiger partial charge is 0.481 e. The third-order valence-electron chi connectivity index (χ3n) is 2.36. The molecule has 0 saturated heterocycles. The minimum Gasteiger partial charge on any atom is -0.481 e. The first kappa shape index (κ1) is 14.4. The fraction of sp³-hybridized carbons (Fsp3) is 0.364. The second-order valence-electron chi connectivity index (χ2n) is 3.90. The van der Waals surface area contributed by atoms with E-state index in [1.165, 1.54) is 12.1 Å². The Balaban J connectivity index is 2.67. The molecule has 0 bridgehead atoms. The molecule has 1 aromatic carbocycles. The SMILES string of the molecule is CC(CCC(=O)O)Nc1ccc([N+](=O)[O-])cc1Br. The predicted molar refractivity (Wildman–Crippen MR) is 70.8 cm³/mol. The number of benzene rings is 1. The van der Waals surface area contributed by atoms with Crippen LogP contribution in [0.2, 0.25) is 0 Å². The highest BCUT2D eigenvalue weighted by Crippen LogP contribution is 2.27. The molecule has 0 spiro atoms. The van der Waals surface area contributed by atoms with Crippen LogP contribution < -0.4 is 5.32 Å². The number of halogens is 1. The van der Waals surface area contributed by atoms with Crippen LogP contribution in [0.5, 0.6) is 0 Å². The molecule has 1 atom stereocenters. The van der Waals surface area contributed by atoms with E-state index in [2.05, 4.69) is 21.2 Å². The van der Waals surface area contributed by atoms with Crippen LogP contribution in [0.1, 0.15) is 19.8 Å². The molecule has 1 unspecified atom stereocenters. The van der Waals surface area contributed by atoms with E-state index in [0.717, 1.165) is 0 Å². The van der Waals surface area contributed by atoms with Crippen molar-refractivity contribution in [3.05, 3.63) is 32.8 Å².